The molecule has 0 spiro atoms. The lowest BCUT2D eigenvalue weighted by Crippen LogP contribution is -2.48. The summed E-state index contributed by atoms with van der Waals surface area (Å²) in [6.45, 7) is 3.74. The molecule has 1 aliphatic heterocycles. The number of hydrogen-bond acceptors (Lipinski definition) is 6. The largest absolute Gasteiger partial charge is 0.465 e. The maximum absolute atomic E-state index is 13.7. The highest BCUT2D eigenvalue weighted by atomic mass is 32.2. The standard InChI is InChI=1S/C16H17FN2O4S/c1-9-4-5-11(14(20)22-3)6-12(9)13-10(2)18-15(19(13)24-17)16(21)7-23-8-16/h4-6,21H,7-8H2,1-3H3. The minimum Gasteiger partial charge on any atom is -0.465 e. The smallest absolute Gasteiger partial charge is 0.337 e. The van der Waals surface area contributed by atoms with Crippen LogP contribution in [0.4, 0.5) is 3.89 Å². The molecule has 3 rings (SSSR count). The molecule has 128 valence electrons. The fraction of sp³-hybridized carbons (Fsp3) is 0.375. The van der Waals surface area contributed by atoms with Crippen LogP contribution in [0.5, 0.6) is 0 Å². The van der Waals surface area contributed by atoms with Gasteiger partial charge in [0.2, 0.25) is 0 Å². The second-order valence-corrected chi connectivity index (χ2v) is 6.28. The predicted octanol–water partition coefficient (Wildman–Crippen LogP) is 2.55. The quantitative estimate of drug-likeness (QED) is 0.853. The van der Waals surface area contributed by atoms with Gasteiger partial charge >= 0.3 is 5.97 Å². The number of carbonyl (C=O) groups excluding carboxylic acids is 1. The molecule has 1 aliphatic rings. The van der Waals surface area contributed by atoms with Crippen LogP contribution in [-0.2, 0) is 15.1 Å². The molecule has 24 heavy (non-hydrogen) atoms. The summed E-state index contributed by atoms with van der Waals surface area (Å²) < 4.78 is 24.7. The molecule has 1 fully saturated rings. The summed E-state index contributed by atoms with van der Waals surface area (Å²) >= 11 is -0.0350. The van der Waals surface area contributed by atoms with Gasteiger partial charge in [0.25, 0.3) is 0 Å². The molecule has 0 unspecified atom stereocenters. The van der Waals surface area contributed by atoms with Gasteiger partial charge in [0.1, 0.15) is 0 Å². The van der Waals surface area contributed by atoms with Gasteiger partial charge in [-0.1, -0.05) is 6.07 Å². The summed E-state index contributed by atoms with van der Waals surface area (Å²) in [5.41, 5.74) is 1.63. The normalized spacial score (nSPS) is 15.9. The predicted molar refractivity (Wildman–Crippen MR) is 87.3 cm³/mol. The molecule has 6 nitrogen and oxygen atoms in total. The second kappa shape index (κ2) is 6.19. The maximum Gasteiger partial charge on any atom is 0.337 e. The lowest BCUT2D eigenvalue weighted by Gasteiger charge is -2.35. The molecule has 0 atom stereocenters. The number of aliphatic hydroxyl groups is 1. The van der Waals surface area contributed by atoms with Crippen LogP contribution in [0.15, 0.2) is 18.2 Å². The fourth-order valence-corrected chi connectivity index (χ4v) is 3.30. The van der Waals surface area contributed by atoms with Gasteiger partial charge in [-0.05, 0) is 31.5 Å². The van der Waals surface area contributed by atoms with Crippen molar-refractivity contribution in [2.45, 2.75) is 19.4 Å². The minimum absolute atomic E-state index is 0.0350. The van der Waals surface area contributed by atoms with Crippen LogP contribution in [0.3, 0.4) is 0 Å². The van der Waals surface area contributed by atoms with Crippen molar-refractivity contribution in [3.8, 4) is 11.3 Å². The molecule has 1 aromatic heterocycles. The van der Waals surface area contributed by atoms with Crippen molar-refractivity contribution in [2.75, 3.05) is 20.3 Å². The van der Waals surface area contributed by atoms with E-state index in [0.717, 1.165) is 5.56 Å². The minimum atomic E-state index is -1.30. The van der Waals surface area contributed by atoms with Gasteiger partial charge in [-0.2, -0.15) is 0 Å². The van der Waals surface area contributed by atoms with E-state index in [1.165, 1.54) is 11.1 Å². The van der Waals surface area contributed by atoms with Crippen molar-refractivity contribution in [3.63, 3.8) is 0 Å². The molecule has 0 radical (unpaired) electrons. The van der Waals surface area contributed by atoms with E-state index in [4.69, 9.17) is 9.47 Å². The highest BCUT2D eigenvalue weighted by Crippen LogP contribution is 2.38. The van der Waals surface area contributed by atoms with Crippen LogP contribution in [0.2, 0.25) is 0 Å². The van der Waals surface area contributed by atoms with Crippen LogP contribution in [0.1, 0.15) is 27.4 Å². The van der Waals surface area contributed by atoms with Crippen LogP contribution in [0, 0.1) is 13.8 Å². The SMILES string of the molecule is COC(=O)c1ccc(C)c(-c2c(C)nc(C3(O)COC3)n2SF)c1. The zero-order valence-electron chi connectivity index (χ0n) is 13.5. The maximum atomic E-state index is 13.7. The van der Waals surface area contributed by atoms with Gasteiger partial charge in [-0.3, -0.25) is 0 Å². The number of benzene rings is 1. The molecular weight excluding hydrogens is 335 g/mol. The van der Waals surface area contributed by atoms with Gasteiger partial charge < -0.3 is 14.6 Å². The molecular formula is C16H17FN2O4S. The number of hydrogen-bond donors (Lipinski definition) is 1. The number of halogens is 1. The van der Waals surface area contributed by atoms with E-state index < -0.39 is 11.6 Å². The van der Waals surface area contributed by atoms with E-state index >= 15 is 0 Å². The van der Waals surface area contributed by atoms with Crippen LogP contribution in [-0.4, -0.2) is 40.4 Å². The van der Waals surface area contributed by atoms with Crippen molar-refractivity contribution in [1.82, 2.24) is 8.96 Å². The lowest BCUT2D eigenvalue weighted by atomic mass is 10.0. The Morgan fingerprint density at radius 2 is 2.17 bits per heavy atom. The van der Waals surface area contributed by atoms with Crippen LogP contribution >= 0.6 is 12.3 Å². The summed E-state index contributed by atoms with van der Waals surface area (Å²) in [5.74, 6) is -0.268. The third kappa shape index (κ3) is 2.60. The van der Waals surface area contributed by atoms with Crippen LogP contribution in [0.25, 0.3) is 11.3 Å². The third-order valence-corrected chi connectivity index (χ3v) is 4.59. The molecule has 0 saturated carbocycles. The van der Waals surface area contributed by atoms with Crippen molar-refractivity contribution < 1.29 is 23.3 Å². The number of nitrogens with zero attached hydrogens (tertiary/aromatic N) is 2. The van der Waals surface area contributed by atoms with Gasteiger partial charge in [0.15, 0.2) is 23.8 Å². The molecule has 8 heteroatoms. The summed E-state index contributed by atoms with van der Waals surface area (Å²) in [6.07, 6.45) is 0. The van der Waals surface area contributed by atoms with E-state index in [9.17, 15) is 13.8 Å². The monoisotopic (exact) mass is 352 g/mol. The van der Waals surface area contributed by atoms with Crippen LogP contribution < -0.4 is 0 Å². The number of rotatable bonds is 4. The zero-order valence-corrected chi connectivity index (χ0v) is 14.3. The summed E-state index contributed by atoms with van der Waals surface area (Å²) in [4.78, 5) is 16.1. The molecule has 0 amide bonds. The lowest BCUT2D eigenvalue weighted by molar-refractivity contribution is -0.189. The molecule has 1 aromatic carbocycles. The summed E-state index contributed by atoms with van der Waals surface area (Å²) in [6, 6.07) is 5.06. The Morgan fingerprint density at radius 1 is 1.46 bits per heavy atom. The first-order chi connectivity index (χ1) is 11.4. The van der Waals surface area contributed by atoms with E-state index in [1.54, 1.807) is 25.1 Å². The zero-order chi connectivity index (χ0) is 17.5. The third-order valence-electron chi connectivity index (χ3n) is 4.09. The first kappa shape index (κ1) is 16.9. The molecule has 2 aromatic rings. The van der Waals surface area contributed by atoms with Gasteiger partial charge in [0, 0.05) is 5.56 Å². The molecule has 2 heterocycles. The van der Waals surface area contributed by atoms with Crippen molar-refractivity contribution in [1.29, 1.82) is 0 Å². The van der Waals surface area contributed by atoms with E-state index in [-0.39, 0.29) is 31.4 Å². The second-order valence-electron chi connectivity index (χ2n) is 5.78. The van der Waals surface area contributed by atoms with Crippen molar-refractivity contribution in [3.05, 3.63) is 40.8 Å². The van der Waals surface area contributed by atoms with Gasteiger partial charge in [-0.25, -0.2) is 13.8 Å². The highest BCUT2D eigenvalue weighted by molar-refractivity contribution is 7.92. The summed E-state index contributed by atoms with van der Waals surface area (Å²) in [5, 5.41) is 10.5. The number of imidazole rings is 1. The first-order valence-corrected chi connectivity index (χ1v) is 7.97. The Bertz CT molecular complexity index is 802. The molecule has 1 saturated heterocycles. The Hall–Kier alpha value is -1.90. The average molecular weight is 352 g/mol. The van der Waals surface area contributed by atoms with Crippen molar-refractivity contribution in [2.24, 2.45) is 0 Å². The van der Waals surface area contributed by atoms with Crippen molar-refractivity contribution >= 4 is 18.3 Å². The Balaban J connectivity index is 2.18. The topological polar surface area (TPSA) is 73.6 Å². The Labute approximate surface area is 143 Å². The number of aryl methyl sites for hydroxylation is 2. The Morgan fingerprint density at radius 3 is 2.71 bits per heavy atom. The van der Waals surface area contributed by atoms with Gasteiger partial charge in [0.05, 0.1) is 37.3 Å². The number of ether oxygens (including phenoxy) is 2. The highest BCUT2D eigenvalue weighted by Gasteiger charge is 2.43. The Kier molecular flexibility index (Phi) is 4.37. The summed E-state index contributed by atoms with van der Waals surface area (Å²) in [7, 11) is 1.30. The average Bonchev–Trinajstić information content (AvgIpc) is 2.89. The number of esters is 1. The fourth-order valence-electron chi connectivity index (χ4n) is 2.72. The van der Waals surface area contributed by atoms with E-state index in [0.29, 0.717) is 22.5 Å². The molecule has 1 N–H and O–H groups in total. The number of methoxy groups -OCH3 is 1. The van der Waals surface area contributed by atoms with E-state index in [1.807, 2.05) is 6.92 Å². The molecule has 0 aliphatic carbocycles. The van der Waals surface area contributed by atoms with E-state index in [2.05, 4.69) is 4.98 Å². The van der Waals surface area contributed by atoms with Gasteiger partial charge in [-0.15, -0.1) is 3.89 Å². The molecule has 0 bridgehead atoms. The number of aromatic nitrogens is 2. The first-order valence-electron chi connectivity index (χ1n) is 7.29. The number of carbonyl (C=O) groups is 1.